The molecule has 1 amide bonds. The third kappa shape index (κ3) is 6.70. The van der Waals surface area contributed by atoms with Crippen LogP contribution in [0.25, 0.3) is 0 Å². The summed E-state index contributed by atoms with van der Waals surface area (Å²) in [5, 5.41) is 1.12. The summed E-state index contributed by atoms with van der Waals surface area (Å²) in [6.07, 6.45) is 0.599. The number of carbonyl (C=O) groups is 1. The van der Waals surface area contributed by atoms with Gasteiger partial charge in [-0.05, 0) is 13.8 Å². The zero-order valence-electron chi connectivity index (χ0n) is 13.0. The highest BCUT2D eigenvalue weighted by Crippen LogP contribution is 2.29. The van der Waals surface area contributed by atoms with Crippen LogP contribution in [-0.2, 0) is 33.4 Å². The van der Waals surface area contributed by atoms with Crippen LogP contribution < -0.4 is 0 Å². The molecular formula is C12H23NO7S. The summed E-state index contributed by atoms with van der Waals surface area (Å²) in [4.78, 5) is 16.6. The topological polar surface area (TPSA) is 91.4 Å². The van der Waals surface area contributed by atoms with Gasteiger partial charge in [-0.15, -0.1) is 0 Å². The zero-order chi connectivity index (χ0) is 16.3. The van der Waals surface area contributed by atoms with Crippen molar-refractivity contribution in [3.63, 3.8) is 0 Å². The third-order valence-corrected chi connectivity index (χ3v) is 3.49. The fourth-order valence-corrected chi connectivity index (χ4v) is 2.47. The molecular weight excluding hydrogens is 302 g/mol. The summed E-state index contributed by atoms with van der Waals surface area (Å²) in [5.41, 5.74) is 0. The van der Waals surface area contributed by atoms with E-state index in [-0.39, 0.29) is 18.9 Å². The highest BCUT2D eigenvalue weighted by Gasteiger charge is 2.37. The average Bonchev–Trinajstić information content (AvgIpc) is 2.32. The Balaban J connectivity index is 2.63. The van der Waals surface area contributed by atoms with Crippen LogP contribution >= 0.6 is 0 Å². The molecule has 0 unspecified atom stereocenters. The van der Waals surface area contributed by atoms with Crippen molar-refractivity contribution in [2.45, 2.75) is 44.7 Å². The first-order chi connectivity index (χ1) is 9.52. The van der Waals surface area contributed by atoms with Gasteiger partial charge in [-0.3, -0.25) is 13.8 Å². The number of amides is 1. The Kier molecular flexibility index (Phi) is 6.11. The average molecular weight is 325 g/mol. The van der Waals surface area contributed by atoms with E-state index in [0.29, 0.717) is 6.42 Å². The number of carbonyl (C=O) groups excluding carboxylic acids is 1. The normalized spacial score (nSPS) is 25.6. The highest BCUT2D eigenvalue weighted by molar-refractivity contribution is 7.85. The van der Waals surface area contributed by atoms with Crippen LogP contribution in [0, 0.1) is 0 Å². The van der Waals surface area contributed by atoms with Gasteiger partial charge in [0.25, 0.3) is 10.1 Å². The molecule has 0 aromatic heterocycles. The highest BCUT2D eigenvalue weighted by atomic mass is 32.2. The van der Waals surface area contributed by atoms with Gasteiger partial charge in [0.05, 0.1) is 38.6 Å². The SMILES string of the molecule is CON(C)C(=O)C[C@H]1C[C@@H](COS(C)(=O)=O)OC(C)(C)O1. The number of hydroxylamine groups is 2. The summed E-state index contributed by atoms with van der Waals surface area (Å²) in [5.74, 6) is -1.15. The van der Waals surface area contributed by atoms with Gasteiger partial charge in [0.1, 0.15) is 0 Å². The van der Waals surface area contributed by atoms with Crippen molar-refractivity contribution < 1.29 is 31.7 Å². The predicted octanol–water partition coefficient (Wildman–Crippen LogP) is 0.283. The fourth-order valence-electron chi connectivity index (χ4n) is 2.07. The van der Waals surface area contributed by atoms with Gasteiger partial charge in [0.15, 0.2) is 5.79 Å². The molecule has 0 N–H and O–H groups in total. The molecule has 0 aromatic carbocycles. The molecule has 2 atom stereocenters. The molecule has 0 aromatic rings. The minimum absolute atomic E-state index is 0.101. The molecule has 1 aliphatic rings. The van der Waals surface area contributed by atoms with Crippen LogP contribution in [0.2, 0.25) is 0 Å². The molecule has 0 bridgehead atoms. The van der Waals surface area contributed by atoms with E-state index in [1.54, 1.807) is 13.8 Å². The number of nitrogens with zero attached hydrogens (tertiary/aromatic N) is 1. The molecule has 9 heteroatoms. The number of hydrogen-bond acceptors (Lipinski definition) is 7. The van der Waals surface area contributed by atoms with Crippen molar-refractivity contribution in [2.75, 3.05) is 27.0 Å². The Bertz CT molecular complexity index is 462. The molecule has 1 aliphatic heterocycles. The molecule has 1 fully saturated rings. The van der Waals surface area contributed by atoms with Gasteiger partial charge in [-0.1, -0.05) is 0 Å². The molecule has 1 rings (SSSR count). The van der Waals surface area contributed by atoms with E-state index in [1.807, 2.05) is 0 Å². The smallest absolute Gasteiger partial charge is 0.264 e. The van der Waals surface area contributed by atoms with E-state index in [1.165, 1.54) is 14.2 Å². The maximum Gasteiger partial charge on any atom is 0.264 e. The van der Waals surface area contributed by atoms with Crippen molar-refractivity contribution in [3.05, 3.63) is 0 Å². The number of rotatable bonds is 6. The van der Waals surface area contributed by atoms with Crippen LogP contribution in [0.3, 0.4) is 0 Å². The Morgan fingerprint density at radius 2 is 1.90 bits per heavy atom. The third-order valence-electron chi connectivity index (χ3n) is 2.92. The molecule has 1 saturated heterocycles. The summed E-state index contributed by atoms with van der Waals surface area (Å²) in [6, 6.07) is 0. The van der Waals surface area contributed by atoms with E-state index >= 15 is 0 Å². The predicted molar refractivity (Wildman–Crippen MR) is 73.6 cm³/mol. The van der Waals surface area contributed by atoms with Crippen LogP contribution in [0.5, 0.6) is 0 Å². The largest absolute Gasteiger partial charge is 0.347 e. The minimum Gasteiger partial charge on any atom is -0.347 e. The van der Waals surface area contributed by atoms with E-state index in [0.717, 1.165) is 11.3 Å². The molecule has 0 aliphatic carbocycles. The van der Waals surface area contributed by atoms with E-state index in [2.05, 4.69) is 0 Å². The quantitative estimate of drug-likeness (QED) is 0.512. The second-order valence-corrected chi connectivity index (χ2v) is 7.03. The van der Waals surface area contributed by atoms with Crippen molar-refractivity contribution in [1.82, 2.24) is 5.06 Å². The minimum atomic E-state index is -3.53. The first-order valence-electron chi connectivity index (χ1n) is 6.53. The second kappa shape index (κ2) is 7.01. The molecule has 21 heavy (non-hydrogen) atoms. The van der Waals surface area contributed by atoms with Gasteiger partial charge in [-0.2, -0.15) is 8.42 Å². The lowest BCUT2D eigenvalue weighted by molar-refractivity contribution is -0.303. The second-order valence-electron chi connectivity index (χ2n) is 5.38. The van der Waals surface area contributed by atoms with Gasteiger partial charge in [-0.25, -0.2) is 5.06 Å². The lowest BCUT2D eigenvalue weighted by atomic mass is 10.1. The van der Waals surface area contributed by atoms with Crippen LogP contribution in [0.1, 0.15) is 26.7 Å². The number of hydrogen-bond donors (Lipinski definition) is 0. The fraction of sp³-hybridized carbons (Fsp3) is 0.917. The van der Waals surface area contributed by atoms with Crippen molar-refractivity contribution in [2.24, 2.45) is 0 Å². The molecule has 0 spiro atoms. The monoisotopic (exact) mass is 325 g/mol. The Labute approximate surface area is 125 Å². The molecule has 8 nitrogen and oxygen atoms in total. The van der Waals surface area contributed by atoms with Gasteiger partial charge < -0.3 is 9.47 Å². The maximum absolute atomic E-state index is 11.8. The standard InChI is InChI=1S/C12H23NO7S/c1-12(2)19-9(7-11(14)13(3)17-4)6-10(20-12)8-18-21(5,15)16/h9-10H,6-8H2,1-5H3/t9-,10+/m1/s1. The molecule has 0 saturated carbocycles. The molecule has 124 valence electrons. The molecule has 0 radical (unpaired) electrons. The zero-order valence-corrected chi connectivity index (χ0v) is 13.8. The Morgan fingerprint density at radius 3 is 2.43 bits per heavy atom. The summed E-state index contributed by atoms with van der Waals surface area (Å²) in [6.45, 7) is 3.31. The van der Waals surface area contributed by atoms with E-state index in [4.69, 9.17) is 18.5 Å². The van der Waals surface area contributed by atoms with Gasteiger partial charge >= 0.3 is 0 Å². The van der Waals surface area contributed by atoms with Crippen molar-refractivity contribution >= 4 is 16.0 Å². The molecule has 1 heterocycles. The lowest BCUT2D eigenvalue weighted by Gasteiger charge is -2.40. The number of ether oxygens (including phenoxy) is 2. The van der Waals surface area contributed by atoms with E-state index < -0.39 is 28.1 Å². The first-order valence-corrected chi connectivity index (χ1v) is 8.35. The Hall–Kier alpha value is -0.740. The summed E-state index contributed by atoms with van der Waals surface area (Å²) < 4.78 is 38.1. The van der Waals surface area contributed by atoms with Crippen LogP contribution in [0.15, 0.2) is 0 Å². The van der Waals surface area contributed by atoms with Crippen LogP contribution in [-0.4, -0.2) is 64.4 Å². The van der Waals surface area contributed by atoms with Crippen molar-refractivity contribution in [3.8, 4) is 0 Å². The van der Waals surface area contributed by atoms with E-state index in [9.17, 15) is 13.2 Å². The van der Waals surface area contributed by atoms with Crippen molar-refractivity contribution in [1.29, 1.82) is 0 Å². The maximum atomic E-state index is 11.8. The summed E-state index contributed by atoms with van der Waals surface area (Å²) >= 11 is 0. The van der Waals surface area contributed by atoms with Crippen LogP contribution in [0.4, 0.5) is 0 Å². The summed E-state index contributed by atoms with van der Waals surface area (Å²) in [7, 11) is -0.625. The van der Waals surface area contributed by atoms with Gasteiger partial charge in [0.2, 0.25) is 5.91 Å². The van der Waals surface area contributed by atoms with Gasteiger partial charge in [0, 0.05) is 13.5 Å². The lowest BCUT2D eigenvalue weighted by Crippen LogP contribution is -2.47. The Morgan fingerprint density at radius 1 is 1.33 bits per heavy atom. The first kappa shape index (κ1) is 18.3.